The molecule has 2 N–H and O–H groups in total. The molecule has 0 atom stereocenters. The van der Waals surface area contributed by atoms with Crippen LogP contribution in [0.5, 0.6) is 5.75 Å². The molecule has 6 heteroatoms. The number of thiazole rings is 1. The van der Waals surface area contributed by atoms with Crippen LogP contribution in [0, 0.1) is 6.92 Å². The van der Waals surface area contributed by atoms with Crippen molar-refractivity contribution in [3.63, 3.8) is 0 Å². The summed E-state index contributed by atoms with van der Waals surface area (Å²) in [5, 5.41) is 2.53. The van der Waals surface area contributed by atoms with Gasteiger partial charge < -0.3 is 15.4 Å². The Balaban J connectivity index is 1.76. The Morgan fingerprint density at radius 1 is 1.41 bits per heavy atom. The van der Waals surface area contributed by atoms with Gasteiger partial charge >= 0.3 is 0 Å². The zero-order valence-corrected chi connectivity index (χ0v) is 13.7. The summed E-state index contributed by atoms with van der Waals surface area (Å²) in [5.74, 6) is 0.815. The highest BCUT2D eigenvalue weighted by Crippen LogP contribution is 2.16. The van der Waals surface area contributed by atoms with Crippen molar-refractivity contribution in [2.75, 3.05) is 20.2 Å². The van der Waals surface area contributed by atoms with E-state index in [1.54, 1.807) is 17.3 Å². The Morgan fingerprint density at radius 3 is 2.86 bits per heavy atom. The van der Waals surface area contributed by atoms with Crippen LogP contribution in [0.15, 0.2) is 29.6 Å². The minimum absolute atomic E-state index is 0.0770. The molecular formula is C16H21N3O2S. The summed E-state index contributed by atoms with van der Waals surface area (Å²) < 4.78 is 5.73. The SMILES string of the molecule is Cc1ccccc1OCCCN(C)C(=O)c1csc(CN)n1. The van der Waals surface area contributed by atoms with Gasteiger partial charge in [0.05, 0.1) is 6.61 Å². The van der Waals surface area contributed by atoms with Crippen LogP contribution in [0.2, 0.25) is 0 Å². The standard InChI is InChI=1S/C16H21N3O2S/c1-12-6-3-4-7-14(12)21-9-5-8-19(2)16(20)13-11-22-15(10-17)18-13/h3-4,6-7,11H,5,8-10,17H2,1-2H3. The van der Waals surface area contributed by atoms with Gasteiger partial charge in [0.1, 0.15) is 16.5 Å². The first-order chi connectivity index (χ1) is 10.6. The predicted molar refractivity (Wildman–Crippen MR) is 88.3 cm³/mol. The zero-order chi connectivity index (χ0) is 15.9. The number of ether oxygens (including phenoxy) is 1. The normalized spacial score (nSPS) is 10.5. The van der Waals surface area contributed by atoms with Crippen molar-refractivity contribution in [2.24, 2.45) is 5.73 Å². The van der Waals surface area contributed by atoms with Crippen LogP contribution < -0.4 is 10.5 Å². The van der Waals surface area contributed by atoms with E-state index in [1.807, 2.05) is 31.2 Å². The van der Waals surface area contributed by atoms with Crippen molar-refractivity contribution < 1.29 is 9.53 Å². The average molecular weight is 319 g/mol. The molecule has 0 bridgehead atoms. The molecule has 0 aliphatic heterocycles. The van der Waals surface area contributed by atoms with E-state index in [4.69, 9.17) is 10.5 Å². The molecule has 0 aliphatic carbocycles. The second-order valence-corrected chi connectivity index (χ2v) is 5.97. The second-order valence-electron chi connectivity index (χ2n) is 5.02. The summed E-state index contributed by atoms with van der Waals surface area (Å²) in [6.07, 6.45) is 0.768. The van der Waals surface area contributed by atoms with E-state index in [9.17, 15) is 4.79 Å². The lowest BCUT2D eigenvalue weighted by Gasteiger charge is -2.16. The number of para-hydroxylation sites is 1. The molecule has 0 aliphatic rings. The number of hydrogen-bond donors (Lipinski definition) is 1. The molecule has 1 amide bonds. The summed E-state index contributed by atoms with van der Waals surface area (Å²) in [4.78, 5) is 18.1. The number of aromatic nitrogens is 1. The van der Waals surface area contributed by atoms with E-state index in [0.717, 1.165) is 22.7 Å². The van der Waals surface area contributed by atoms with Gasteiger partial charge in [-0.25, -0.2) is 4.98 Å². The van der Waals surface area contributed by atoms with Gasteiger partial charge in [-0.15, -0.1) is 11.3 Å². The average Bonchev–Trinajstić information content (AvgIpc) is 3.01. The van der Waals surface area contributed by atoms with Gasteiger partial charge in [-0.3, -0.25) is 4.79 Å². The molecule has 0 saturated carbocycles. The van der Waals surface area contributed by atoms with Crippen LogP contribution in [0.4, 0.5) is 0 Å². The lowest BCUT2D eigenvalue weighted by molar-refractivity contribution is 0.0782. The van der Waals surface area contributed by atoms with Crippen molar-refractivity contribution in [1.29, 1.82) is 0 Å². The predicted octanol–water partition coefficient (Wildman–Crippen LogP) is 2.45. The molecule has 1 aromatic heterocycles. The topological polar surface area (TPSA) is 68.5 Å². The van der Waals surface area contributed by atoms with Gasteiger partial charge in [-0.05, 0) is 25.0 Å². The van der Waals surface area contributed by atoms with Crippen molar-refractivity contribution in [2.45, 2.75) is 19.9 Å². The van der Waals surface area contributed by atoms with Crippen LogP contribution in [0.1, 0.15) is 27.5 Å². The van der Waals surface area contributed by atoms with Crippen LogP contribution in [-0.2, 0) is 6.54 Å². The van der Waals surface area contributed by atoms with Gasteiger partial charge in [0.25, 0.3) is 5.91 Å². The van der Waals surface area contributed by atoms with Crippen LogP contribution in [0.25, 0.3) is 0 Å². The Bertz CT molecular complexity index is 627. The first-order valence-electron chi connectivity index (χ1n) is 7.20. The summed E-state index contributed by atoms with van der Waals surface area (Å²) in [5.41, 5.74) is 7.09. The zero-order valence-electron chi connectivity index (χ0n) is 12.9. The maximum atomic E-state index is 12.2. The van der Waals surface area contributed by atoms with Gasteiger partial charge in [-0.2, -0.15) is 0 Å². The lowest BCUT2D eigenvalue weighted by atomic mass is 10.2. The Hall–Kier alpha value is -1.92. The summed E-state index contributed by atoms with van der Waals surface area (Å²) in [7, 11) is 1.78. The molecule has 2 aromatic rings. The third-order valence-corrected chi connectivity index (χ3v) is 4.15. The molecule has 1 heterocycles. The van der Waals surface area contributed by atoms with Gasteiger partial charge in [-0.1, -0.05) is 18.2 Å². The number of amides is 1. The van der Waals surface area contributed by atoms with E-state index in [-0.39, 0.29) is 5.91 Å². The van der Waals surface area contributed by atoms with Crippen molar-refractivity contribution >= 4 is 17.2 Å². The molecular weight excluding hydrogens is 298 g/mol. The molecule has 2 rings (SSSR count). The van der Waals surface area contributed by atoms with E-state index in [1.165, 1.54) is 11.3 Å². The molecule has 0 unspecified atom stereocenters. The summed E-state index contributed by atoms with van der Waals surface area (Å²) in [6.45, 7) is 3.59. The van der Waals surface area contributed by atoms with Crippen molar-refractivity contribution in [1.82, 2.24) is 9.88 Å². The highest BCUT2D eigenvalue weighted by Gasteiger charge is 2.14. The third-order valence-electron chi connectivity index (χ3n) is 3.28. The summed E-state index contributed by atoms with van der Waals surface area (Å²) in [6, 6.07) is 7.91. The van der Waals surface area contributed by atoms with Crippen LogP contribution >= 0.6 is 11.3 Å². The smallest absolute Gasteiger partial charge is 0.273 e. The molecule has 0 saturated heterocycles. The number of nitrogens with two attached hydrogens (primary N) is 1. The maximum Gasteiger partial charge on any atom is 0.273 e. The summed E-state index contributed by atoms with van der Waals surface area (Å²) >= 11 is 1.41. The molecule has 1 aromatic carbocycles. The largest absolute Gasteiger partial charge is 0.493 e. The van der Waals surface area contributed by atoms with Crippen LogP contribution in [-0.4, -0.2) is 36.0 Å². The minimum Gasteiger partial charge on any atom is -0.493 e. The number of carbonyl (C=O) groups is 1. The number of nitrogens with zero attached hydrogens (tertiary/aromatic N) is 2. The van der Waals surface area contributed by atoms with Gasteiger partial charge in [0.15, 0.2) is 0 Å². The lowest BCUT2D eigenvalue weighted by Crippen LogP contribution is -2.29. The van der Waals surface area contributed by atoms with E-state index < -0.39 is 0 Å². The van der Waals surface area contributed by atoms with Gasteiger partial charge in [0, 0.05) is 25.5 Å². The highest BCUT2D eigenvalue weighted by molar-refractivity contribution is 7.09. The fourth-order valence-corrected chi connectivity index (χ4v) is 2.65. The van der Waals surface area contributed by atoms with Crippen molar-refractivity contribution in [3.8, 4) is 5.75 Å². The fourth-order valence-electron chi connectivity index (χ4n) is 2.00. The monoisotopic (exact) mass is 319 g/mol. The third kappa shape index (κ3) is 4.29. The van der Waals surface area contributed by atoms with Gasteiger partial charge in [0.2, 0.25) is 0 Å². The fraction of sp³-hybridized carbons (Fsp3) is 0.375. The molecule has 0 fully saturated rings. The van der Waals surface area contributed by atoms with E-state index in [0.29, 0.717) is 25.4 Å². The number of carbonyl (C=O) groups excluding carboxylic acids is 1. The molecule has 118 valence electrons. The van der Waals surface area contributed by atoms with Crippen molar-refractivity contribution in [3.05, 3.63) is 45.9 Å². The number of benzene rings is 1. The van der Waals surface area contributed by atoms with Crippen LogP contribution in [0.3, 0.4) is 0 Å². The Kier molecular flexibility index (Phi) is 5.91. The molecule has 22 heavy (non-hydrogen) atoms. The number of rotatable bonds is 7. The molecule has 5 nitrogen and oxygen atoms in total. The quantitative estimate of drug-likeness (QED) is 0.796. The minimum atomic E-state index is -0.0770. The molecule has 0 spiro atoms. The highest BCUT2D eigenvalue weighted by atomic mass is 32.1. The number of hydrogen-bond acceptors (Lipinski definition) is 5. The maximum absolute atomic E-state index is 12.2. The number of aryl methyl sites for hydroxylation is 1. The Labute approximate surface area is 134 Å². The molecule has 0 radical (unpaired) electrons. The Morgan fingerprint density at radius 2 is 2.18 bits per heavy atom. The second kappa shape index (κ2) is 7.91. The first-order valence-corrected chi connectivity index (χ1v) is 8.08. The van der Waals surface area contributed by atoms with E-state index in [2.05, 4.69) is 4.98 Å². The van der Waals surface area contributed by atoms with E-state index >= 15 is 0 Å². The first kappa shape index (κ1) is 16.5.